The standard InChI is InChI=1S/C19H17N5O2S/c1-13-10-17(8-7-15(13)12-20)27(25,26)23-16-5-2-4-14(11-16)19-22-21-18-6-3-9-24(18)19/h2,4-5,7-8,10-11,23H,3,6,9H2,1H3. The predicted molar refractivity (Wildman–Crippen MR) is 100 cm³/mol. The molecule has 0 saturated heterocycles. The molecule has 0 spiro atoms. The molecule has 2 heterocycles. The Morgan fingerprint density at radius 1 is 1.19 bits per heavy atom. The van der Waals surface area contributed by atoms with Gasteiger partial charge in [-0.3, -0.25) is 4.72 Å². The van der Waals surface area contributed by atoms with Crippen LogP contribution in [-0.2, 0) is 23.0 Å². The van der Waals surface area contributed by atoms with Gasteiger partial charge < -0.3 is 4.57 Å². The van der Waals surface area contributed by atoms with Crippen LogP contribution in [0.5, 0.6) is 0 Å². The smallest absolute Gasteiger partial charge is 0.261 e. The summed E-state index contributed by atoms with van der Waals surface area (Å²) < 4.78 is 30.1. The molecule has 0 fully saturated rings. The molecule has 2 aromatic carbocycles. The van der Waals surface area contributed by atoms with Crippen molar-refractivity contribution in [3.8, 4) is 17.5 Å². The van der Waals surface area contributed by atoms with E-state index in [0.29, 0.717) is 16.8 Å². The number of rotatable bonds is 4. The number of nitriles is 1. The maximum Gasteiger partial charge on any atom is 0.261 e. The first-order chi connectivity index (χ1) is 13.0. The molecule has 7 nitrogen and oxygen atoms in total. The van der Waals surface area contributed by atoms with Crippen molar-refractivity contribution in [2.75, 3.05) is 4.72 Å². The highest BCUT2D eigenvalue weighted by Gasteiger charge is 2.20. The van der Waals surface area contributed by atoms with Crippen molar-refractivity contribution in [2.24, 2.45) is 0 Å². The van der Waals surface area contributed by atoms with E-state index in [4.69, 9.17) is 5.26 Å². The third kappa shape index (κ3) is 3.17. The fraction of sp³-hybridized carbons (Fsp3) is 0.211. The number of benzene rings is 2. The fourth-order valence-electron chi connectivity index (χ4n) is 3.23. The number of anilines is 1. The lowest BCUT2D eigenvalue weighted by Crippen LogP contribution is -2.13. The Morgan fingerprint density at radius 3 is 2.81 bits per heavy atom. The van der Waals surface area contributed by atoms with Crippen LogP contribution >= 0.6 is 0 Å². The van der Waals surface area contributed by atoms with Gasteiger partial charge in [-0.05, 0) is 49.2 Å². The molecule has 0 atom stereocenters. The minimum atomic E-state index is -3.76. The van der Waals surface area contributed by atoms with Crippen molar-refractivity contribution in [2.45, 2.75) is 31.2 Å². The van der Waals surface area contributed by atoms with Gasteiger partial charge in [-0.2, -0.15) is 5.26 Å². The van der Waals surface area contributed by atoms with Crippen molar-refractivity contribution in [3.05, 3.63) is 59.4 Å². The third-order valence-electron chi connectivity index (χ3n) is 4.61. The quantitative estimate of drug-likeness (QED) is 0.751. The molecule has 3 aromatic rings. The molecule has 0 amide bonds. The summed E-state index contributed by atoms with van der Waals surface area (Å²) in [5.74, 6) is 1.71. The highest BCUT2D eigenvalue weighted by Crippen LogP contribution is 2.26. The summed E-state index contributed by atoms with van der Waals surface area (Å²) in [7, 11) is -3.76. The first-order valence-electron chi connectivity index (χ1n) is 8.54. The van der Waals surface area contributed by atoms with Gasteiger partial charge in [0.1, 0.15) is 5.82 Å². The number of aromatic nitrogens is 3. The Balaban J connectivity index is 1.65. The van der Waals surface area contributed by atoms with E-state index in [-0.39, 0.29) is 4.90 Å². The second kappa shape index (κ2) is 6.52. The van der Waals surface area contributed by atoms with Crippen LogP contribution in [0.2, 0.25) is 0 Å². The lowest BCUT2D eigenvalue weighted by Gasteiger charge is -2.11. The van der Waals surface area contributed by atoms with Crippen LogP contribution in [0.25, 0.3) is 11.4 Å². The maximum absolute atomic E-state index is 12.7. The molecule has 27 heavy (non-hydrogen) atoms. The zero-order valence-corrected chi connectivity index (χ0v) is 15.5. The molecule has 8 heteroatoms. The number of nitrogens with zero attached hydrogens (tertiary/aromatic N) is 4. The summed E-state index contributed by atoms with van der Waals surface area (Å²) in [6.45, 7) is 2.59. The highest BCUT2D eigenvalue weighted by atomic mass is 32.2. The van der Waals surface area contributed by atoms with Crippen molar-refractivity contribution in [1.82, 2.24) is 14.8 Å². The number of nitrogens with one attached hydrogen (secondary N) is 1. The lowest BCUT2D eigenvalue weighted by molar-refractivity contribution is 0.601. The largest absolute Gasteiger partial charge is 0.311 e. The first-order valence-corrected chi connectivity index (χ1v) is 10.0. The molecule has 1 aromatic heterocycles. The van der Waals surface area contributed by atoms with Gasteiger partial charge in [0, 0.05) is 24.2 Å². The number of sulfonamides is 1. The van der Waals surface area contributed by atoms with Gasteiger partial charge in [-0.1, -0.05) is 12.1 Å². The maximum atomic E-state index is 12.7. The van der Waals surface area contributed by atoms with Crippen molar-refractivity contribution >= 4 is 15.7 Å². The van der Waals surface area contributed by atoms with E-state index in [9.17, 15) is 8.42 Å². The Kier molecular flexibility index (Phi) is 4.16. The minimum Gasteiger partial charge on any atom is -0.311 e. The van der Waals surface area contributed by atoms with E-state index in [1.165, 1.54) is 18.2 Å². The average Bonchev–Trinajstić information content (AvgIpc) is 3.25. The number of hydrogen-bond acceptors (Lipinski definition) is 5. The van der Waals surface area contributed by atoms with E-state index < -0.39 is 10.0 Å². The van der Waals surface area contributed by atoms with Crippen LogP contribution in [0.1, 0.15) is 23.4 Å². The topological polar surface area (TPSA) is 101 Å². The zero-order chi connectivity index (χ0) is 19.0. The van der Waals surface area contributed by atoms with E-state index in [1.54, 1.807) is 25.1 Å². The zero-order valence-electron chi connectivity index (χ0n) is 14.7. The summed E-state index contributed by atoms with van der Waals surface area (Å²) in [6, 6.07) is 13.6. The molecule has 1 N–H and O–H groups in total. The van der Waals surface area contributed by atoms with E-state index >= 15 is 0 Å². The van der Waals surface area contributed by atoms with Crippen LogP contribution in [0, 0.1) is 18.3 Å². The lowest BCUT2D eigenvalue weighted by atomic mass is 10.1. The Labute approximate surface area is 157 Å². The third-order valence-corrected chi connectivity index (χ3v) is 5.99. The monoisotopic (exact) mass is 379 g/mol. The van der Waals surface area contributed by atoms with Gasteiger partial charge in [0.2, 0.25) is 0 Å². The van der Waals surface area contributed by atoms with Crippen molar-refractivity contribution < 1.29 is 8.42 Å². The molecule has 0 saturated carbocycles. The average molecular weight is 379 g/mol. The second-order valence-electron chi connectivity index (χ2n) is 6.47. The van der Waals surface area contributed by atoms with Gasteiger partial charge in [0.05, 0.1) is 16.5 Å². The van der Waals surface area contributed by atoms with Crippen LogP contribution in [0.3, 0.4) is 0 Å². The molecule has 0 unspecified atom stereocenters. The van der Waals surface area contributed by atoms with Gasteiger partial charge in [-0.15, -0.1) is 10.2 Å². The van der Waals surface area contributed by atoms with Crippen LogP contribution in [0.4, 0.5) is 5.69 Å². The fourth-order valence-corrected chi connectivity index (χ4v) is 4.36. The molecular weight excluding hydrogens is 362 g/mol. The van der Waals surface area contributed by atoms with E-state index in [2.05, 4.69) is 19.5 Å². The summed E-state index contributed by atoms with van der Waals surface area (Å²) >= 11 is 0. The Bertz CT molecular complexity index is 1180. The SMILES string of the molecule is Cc1cc(S(=O)(=O)Nc2cccc(-c3nnc4n3CCC4)c2)ccc1C#N. The van der Waals surface area contributed by atoms with Crippen molar-refractivity contribution in [1.29, 1.82) is 5.26 Å². The molecular formula is C19H17N5O2S. The summed E-state index contributed by atoms with van der Waals surface area (Å²) in [4.78, 5) is 0.118. The van der Waals surface area contributed by atoms with Crippen LogP contribution in [-0.4, -0.2) is 23.2 Å². The normalized spacial score (nSPS) is 13.2. The van der Waals surface area contributed by atoms with Crippen LogP contribution < -0.4 is 4.72 Å². The van der Waals surface area contributed by atoms with Crippen LogP contribution in [0.15, 0.2) is 47.4 Å². The van der Waals surface area contributed by atoms with Gasteiger partial charge in [-0.25, -0.2) is 8.42 Å². The van der Waals surface area contributed by atoms with E-state index in [0.717, 1.165) is 36.6 Å². The first kappa shape index (κ1) is 17.2. The van der Waals surface area contributed by atoms with Gasteiger partial charge in [0.15, 0.2) is 5.82 Å². The molecule has 0 bridgehead atoms. The molecule has 1 aliphatic rings. The molecule has 0 radical (unpaired) electrons. The van der Waals surface area contributed by atoms with Crippen molar-refractivity contribution in [3.63, 3.8) is 0 Å². The van der Waals surface area contributed by atoms with E-state index in [1.807, 2.05) is 12.1 Å². The summed E-state index contributed by atoms with van der Waals surface area (Å²) in [5, 5.41) is 17.4. The molecule has 1 aliphatic heterocycles. The second-order valence-corrected chi connectivity index (χ2v) is 8.15. The number of aryl methyl sites for hydroxylation is 2. The Hall–Kier alpha value is -3.18. The van der Waals surface area contributed by atoms with Gasteiger partial charge in [0.25, 0.3) is 10.0 Å². The molecule has 4 rings (SSSR count). The molecule has 136 valence electrons. The Morgan fingerprint density at radius 2 is 2.04 bits per heavy atom. The minimum absolute atomic E-state index is 0.118. The summed E-state index contributed by atoms with van der Waals surface area (Å²) in [6.07, 6.45) is 1.96. The predicted octanol–water partition coefficient (Wildman–Crippen LogP) is 2.87. The highest BCUT2D eigenvalue weighted by molar-refractivity contribution is 7.92. The number of hydrogen-bond donors (Lipinski definition) is 1. The number of fused-ring (bicyclic) bond motifs is 1. The van der Waals surface area contributed by atoms with Gasteiger partial charge >= 0.3 is 0 Å². The molecule has 0 aliphatic carbocycles. The summed E-state index contributed by atoms with van der Waals surface area (Å²) in [5.41, 5.74) is 2.33.